The summed E-state index contributed by atoms with van der Waals surface area (Å²) in [7, 11) is 0. The molecular weight excluding hydrogens is 500 g/mol. The summed E-state index contributed by atoms with van der Waals surface area (Å²) in [4.78, 5) is 16.8. The number of aliphatic hydroxyl groups excluding tert-OH is 2. The molecule has 0 unspecified atom stereocenters. The monoisotopic (exact) mass is 538 g/mol. The van der Waals surface area contributed by atoms with Crippen molar-refractivity contribution in [2.75, 3.05) is 12.3 Å². The Morgan fingerprint density at radius 2 is 1.62 bits per heavy atom. The van der Waals surface area contributed by atoms with Crippen molar-refractivity contribution in [3.8, 4) is 11.1 Å². The van der Waals surface area contributed by atoms with Crippen LogP contribution in [0.15, 0.2) is 91.1 Å². The average molecular weight is 539 g/mol. The molecule has 0 aliphatic rings. The largest absolute Gasteiger partial charge is 0.392 e. The highest BCUT2D eigenvalue weighted by molar-refractivity contribution is 5.78. The van der Waals surface area contributed by atoms with Gasteiger partial charge in [0.1, 0.15) is 5.82 Å². The molecule has 0 aliphatic heterocycles. The summed E-state index contributed by atoms with van der Waals surface area (Å²) in [5.74, 6) is 0.390. The summed E-state index contributed by atoms with van der Waals surface area (Å²) in [5.41, 5.74) is 12.2. The van der Waals surface area contributed by atoms with Gasteiger partial charge in [-0.3, -0.25) is 4.79 Å². The van der Waals surface area contributed by atoms with E-state index in [1.54, 1.807) is 18.3 Å². The van der Waals surface area contributed by atoms with E-state index in [1.165, 1.54) is 0 Å². The molecule has 0 aliphatic carbocycles. The lowest BCUT2D eigenvalue weighted by Gasteiger charge is -2.28. The van der Waals surface area contributed by atoms with Crippen LogP contribution in [0.2, 0.25) is 0 Å². The fourth-order valence-corrected chi connectivity index (χ4v) is 4.64. The maximum Gasteiger partial charge on any atom is 0.224 e. The first-order valence-corrected chi connectivity index (χ1v) is 13.5. The van der Waals surface area contributed by atoms with Crippen molar-refractivity contribution >= 4 is 11.7 Å². The fourth-order valence-electron chi connectivity index (χ4n) is 4.64. The SMILES string of the molecule is CC(C)(Cc1cccc(CC(=O)NCc2cccc(-c3ccc(CO)cc3)c2)c1)NC[C@H](O)c1ccc(N)nc1. The van der Waals surface area contributed by atoms with Gasteiger partial charge in [-0.2, -0.15) is 0 Å². The number of carbonyl (C=O) groups is 1. The first-order valence-electron chi connectivity index (χ1n) is 13.5. The van der Waals surface area contributed by atoms with Crippen LogP contribution in [0.5, 0.6) is 0 Å². The number of amides is 1. The van der Waals surface area contributed by atoms with Crippen molar-refractivity contribution in [3.63, 3.8) is 0 Å². The summed E-state index contributed by atoms with van der Waals surface area (Å²) in [5, 5.41) is 26.3. The number of aliphatic hydroxyl groups is 2. The molecule has 40 heavy (non-hydrogen) atoms. The molecule has 1 amide bonds. The minimum Gasteiger partial charge on any atom is -0.392 e. The van der Waals surface area contributed by atoms with Gasteiger partial charge in [-0.25, -0.2) is 4.98 Å². The van der Waals surface area contributed by atoms with Crippen molar-refractivity contribution in [1.29, 1.82) is 0 Å². The molecule has 4 aromatic rings. The van der Waals surface area contributed by atoms with Gasteiger partial charge in [0.15, 0.2) is 0 Å². The second-order valence-corrected chi connectivity index (χ2v) is 10.8. The lowest BCUT2D eigenvalue weighted by molar-refractivity contribution is -0.120. The molecule has 1 aromatic heterocycles. The Kier molecular flexibility index (Phi) is 9.66. The normalized spacial score (nSPS) is 12.2. The lowest BCUT2D eigenvalue weighted by Crippen LogP contribution is -2.43. The van der Waals surface area contributed by atoms with E-state index in [9.17, 15) is 15.0 Å². The van der Waals surface area contributed by atoms with E-state index in [1.807, 2.05) is 54.6 Å². The predicted molar refractivity (Wildman–Crippen MR) is 159 cm³/mol. The zero-order chi connectivity index (χ0) is 28.5. The molecule has 0 radical (unpaired) electrons. The smallest absolute Gasteiger partial charge is 0.224 e. The number of nitrogens with one attached hydrogen (secondary N) is 2. The van der Waals surface area contributed by atoms with E-state index < -0.39 is 6.10 Å². The maximum absolute atomic E-state index is 12.8. The van der Waals surface area contributed by atoms with Crippen molar-refractivity contribution < 1.29 is 15.0 Å². The van der Waals surface area contributed by atoms with Gasteiger partial charge in [0.05, 0.1) is 19.1 Å². The van der Waals surface area contributed by atoms with Gasteiger partial charge in [0.2, 0.25) is 5.91 Å². The number of rotatable bonds is 12. The third kappa shape index (κ3) is 8.48. The van der Waals surface area contributed by atoms with E-state index in [-0.39, 0.29) is 18.1 Å². The third-order valence-electron chi connectivity index (χ3n) is 6.86. The van der Waals surface area contributed by atoms with Gasteiger partial charge in [-0.05, 0) is 65.8 Å². The van der Waals surface area contributed by atoms with E-state index in [0.717, 1.165) is 39.8 Å². The molecule has 0 saturated carbocycles. The number of anilines is 1. The molecule has 4 rings (SSSR count). The van der Waals surface area contributed by atoms with Crippen LogP contribution < -0.4 is 16.4 Å². The Hall–Kier alpha value is -4.04. The Labute approximate surface area is 236 Å². The van der Waals surface area contributed by atoms with Crippen LogP contribution in [0.1, 0.15) is 47.8 Å². The summed E-state index contributed by atoms with van der Waals surface area (Å²) in [6.07, 6.45) is 1.95. The van der Waals surface area contributed by atoms with Gasteiger partial charge in [-0.15, -0.1) is 0 Å². The maximum atomic E-state index is 12.8. The third-order valence-corrected chi connectivity index (χ3v) is 6.86. The van der Waals surface area contributed by atoms with Crippen LogP contribution in [0.4, 0.5) is 5.82 Å². The Morgan fingerprint density at radius 1 is 0.900 bits per heavy atom. The first-order chi connectivity index (χ1) is 19.2. The Balaban J connectivity index is 1.28. The van der Waals surface area contributed by atoms with E-state index >= 15 is 0 Å². The second kappa shape index (κ2) is 13.3. The zero-order valence-electron chi connectivity index (χ0n) is 23.1. The number of hydrogen-bond donors (Lipinski definition) is 5. The standard InChI is InChI=1S/C33H38N4O3/c1-33(2,37-21-30(39)29-13-14-31(34)35-20-29)18-25-6-3-5-24(15-25)17-32(40)36-19-26-7-4-8-28(16-26)27-11-9-23(22-38)10-12-27/h3-16,20,30,37-39H,17-19,21-22H2,1-2H3,(H2,34,35)(H,36,40)/t30-/m0/s1. The highest BCUT2D eigenvalue weighted by Gasteiger charge is 2.20. The molecule has 0 fully saturated rings. The van der Waals surface area contributed by atoms with Crippen molar-refractivity contribution in [3.05, 3.63) is 119 Å². The fraction of sp³-hybridized carbons (Fsp3) is 0.273. The van der Waals surface area contributed by atoms with Gasteiger partial charge in [-0.1, -0.05) is 72.8 Å². The van der Waals surface area contributed by atoms with Crippen LogP contribution in [0, 0.1) is 0 Å². The Morgan fingerprint density at radius 3 is 2.35 bits per heavy atom. The van der Waals surface area contributed by atoms with E-state index in [4.69, 9.17) is 5.73 Å². The predicted octanol–water partition coefficient (Wildman–Crippen LogP) is 4.33. The van der Waals surface area contributed by atoms with Crippen LogP contribution in [0.3, 0.4) is 0 Å². The number of carbonyl (C=O) groups excluding carboxylic acids is 1. The second-order valence-electron chi connectivity index (χ2n) is 10.8. The van der Waals surface area contributed by atoms with Crippen LogP contribution >= 0.6 is 0 Å². The van der Waals surface area contributed by atoms with Crippen molar-refractivity contribution in [2.45, 2.75) is 51.5 Å². The number of β-amino-alcohol motifs (C(OH)–C–C–N with tert-alkyl or cyclic N) is 1. The summed E-state index contributed by atoms with van der Waals surface area (Å²) >= 11 is 0. The molecular formula is C33H38N4O3. The van der Waals surface area contributed by atoms with Crippen LogP contribution in [0.25, 0.3) is 11.1 Å². The number of nitrogens with zero attached hydrogens (tertiary/aromatic N) is 1. The lowest BCUT2D eigenvalue weighted by atomic mass is 9.93. The van der Waals surface area contributed by atoms with Crippen molar-refractivity contribution in [2.24, 2.45) is 0 Å². The molecule has 7 heteroatoms. The number of nitrogens with two attached hydrogens (primary N) is 1. The number of benzene rings is 3. The first kappa shape index (κ1) is 29.0. The number of aromatic nitrogens is 1. The molecule has 0 bridgehead atoms. The summed E-state index contributed by atoms with van der Waals surface area (Å²) in [6, 6.07) is 27.5. The van der Waals surface area contributed by atoms with Gasteiger partial charge < -0.3 is 26.6 Å². The zero-order valence-corrected chi connectivity index (χ0v) is 23.1. The molecule has 0 saturated heterocycles. The average Bonchev–Trinajstić information content (AvgIpc) is 2.95. The molecule has 1 atom stereocenters. The minimum atomic E-state index is -0.685. The van der Waals surface area contributed by atoms with Gasteiger partial charge >= 0.3 is 0 Å². The molecule has 7 nitrogen and oxygen atoms in total. The minimum absolute atomic E-state index is 0.0252. The number of hydrogen-bond acceptors (Lipinski definition) is 6. The van der Waals surface area contributed by atoms with E-state index in [2.05, 4.69) is 47.7 Å². The Bertz CT molecular complexity index is 1400. The number of nitrogen functional groups attached to an aromatic ring is 1. The summed E-state index contributed by atoms with van der Waals surface area (Å²) in [6.45, 7) is 5.04. The molecule has 3 aromatic carbocycles. The highest BCUT2D eigenvalue weighted by atomic mass is 16.3. The quantitative estimate of drug-likeness (QED) is 0.183. The van der Waals surface area contributed by atoms with Crippen LogP contribution in [-0.2, 0) is 30.8 Å². The summed E-state index contributed by atoms with van der Waals surface area (Å²) < 4.78 is 0. The van der Waals surface area contributed by atoms with Crippen molar-refractivity contribution in [1.82, 2.24) is 15.6 Å². The number of pyridine rings is 1. The van der Waals surface area contributed by atoms with Gasteiger partial charge in [0.25, 0.3) is 0 Å². The molecule has 208 valence electrons. The van der Waals surface area contributed by atoms with E-state index in [0.29, 0.717) is 30.9 Å². The van der Waals surface area contributed by atoms with Crippen LogP contribution in [-0.4, -0.2) is 33.2 Å². The topological polar surface area (TPSA) is 120 Å². The molecule has 1 heterocycles. The highest BCUT2D eigenvalue weighted by Crippen LogP contribution is 2.22. The molecule has 0 spiro atoms. The molecule has 6 N–H and O–H groups in total. The van der Waals surface area contributed by atoms with Gasteiger partial charge in [0, 0.05) is 30.4 Å².